The number of anilines is 2. The highest BCUT2D eigenvalue weighted by molar-refractivity contribution is 9.10. The number of piperazine rings is 1. The van der Waals surface area contributed by atoms with Crippen molar-refractivity contribution in [1.82, 2.24) is 0 Å². The standard InChI is InChI=1S/C20H24BrN3O2/c1-15(20(25)22-17-8-6-16(21)7-9-17)23-10-12-24(13-11-23)18-4-3-5-19(14-18)26-2/h3-9,14-15H,10-13H2,1-2H3,(H,22,25)/p+1/t15-/m0/s1. The van der Waals surface area contributed by atoms with Crippen LogP contribution in [0.3, 0.4) is 0 Å². The number of halogens is 1. The third-order valence-electron chi connectivity index (χ3n) is 4.94. The van der Waals surface area contributed by atoms with Gasteiger partial charge in [-0.3, -0.25) is 4.79 Å². The van der Waals surface area contributed by atoms with Gasteiger partial charge in [-0.25, -0.2) is 0 Å². The van der Waals surface area contributed by atoms with Gasteiger partial charge in [-0.05, 0) is 43.3 Å². The first-order valence-electron chi connectivity index (χ1n) is 8.87. The summed E-state index contributed by atoms with van der Waals surface area (Å²) in [5.41, 5.74) is 2.01. The van der Waals surface area contributed by atoms with Crippen LogP contribution in [0.5, 0.6) is 5.75 Å². The molecule has 0 spiro atoms. The van der Waals surface area contributed by atoms with Crippen LogP contribution in [0.2, 0.25) is 0 Å². The topological polar surface area (TPSA) is 46.0 Å². The van der Waals surface area contributed by atoms with Gasteiger partial charge in [0.25, 0.3) is 5.91 Å². The Morgan fingerprint density at radius 2 is 1.88 bits per heavy atom. The van der Waals surface area contributed by atoms with Gasteiger partial charge in [0, 0.05) is 21.9 Å². The van der Waals surface area contributed by atoms with E-state index in [1.165, 1.54) is 10.6 Å². The fourth-order valence-electron chi connectivity index (χ4n) is 3.26. The van der Waals surface area contributed by atoms with E-state index in [9.17, 15) is 4.79 Å². The summed E-state index contributed by atoms with van der Waals surface area (Å²) in [4.78, 5) is 16.2. The van der Waals surface area contributed by atoms with Crippen LogP contribution in [0.15, 0.2) is 53.0 Å². The molecule has 1 amide bonds. The third-order valence-corrected chi connectivity index (χ3v) is 5.47. The molecule has 138 valence electrons. The van der Waals surface area contributed by atoms with Crippen LogP contribution in [0.25, 0.3) is 0 Å². The van der Waals surface area contributed by atoms with Gasteiger partial charge in [0.2, 0.25) is 0 Å². The van der Waals surface area contributed by atoms with Gasteiger partial charge in [0.15, 0.2) is 6.04 Å². The smallest absolute Gasteiger partial charge is 0.282 e. The van der Waals surface area contributed by atoms with E-state index >= 15 is 0 Å². The van der Waals surface area contributed by atoms with Crippen LogP contribution >= 0.6 is 15.9 Å². The molecule has 2 aromatic rings. The number of amides is 1. The highest BCUT2D eigenvalue weighted by Gasteiger charge is 2.29. The maximum absolute atomic E-state index is 12.6. The molecule has 0 aliphatic carbocycles. The summed E-state index contributed by atoms with van der Waals surface area (Å²) in [5, 5.41) is 3.01. The minimum atomic E-state index is -0.0777. The van der Waals surface area contributed by atoms with Crippen molar-refractivity contribution in [1.29, 1.82) is 0 Å². The van der Waals surface area contributed by atoms with Crippen molar-refractivity contribution in [3.63, 3.8) is 0 Å². The van der Waals surface area contributed by atoms with Crippen LogP contribution in [-0.2, 0) is 4.79 Å². The Kier molecular flexibility index (Phi) is 6.16. The molecule has 2 aromatic carbocycles. The second kappa shape index (κ2) is 8.56. The minimum Gasteiger partial charge on any atom is -0.497 e. The molecule has 1 atom stereocenters. The molecule has 0 aromatic heterocycles. The second-order valence-electron chi connectivity index (χ2n) is 6.56. The van der Waals surface area contributed by atoms with Gasteiger partial charge >= 0.3 is 0 Å². The predicted molar refractivity (Wildman–Crippen MR) is 108 cm³/mol. The summed E-state index contributed by atoms with van der Waals surface area (Å²) in [6.45, 7) is 5.74. The molecule has 1 fully saturated rings. The summed E-state index contributed by atoms with van der Waals surface area (Å²) < 4.78 is 6.32. The maximum atomic E-state index is 12.6. The minimum absolute atomic E-state index is 0.0668. The number of quaternary nitrogens is 1. The fourth-order valence-corrected chi connectivity index (χ4v) is 3.53. The van der Waals surface area contributed by atoms with E-state index in [0.717, 1.165) is 42.1 Å². The molecule has 6 heteroatoms. The lowest BCUT2D eigenvalue weighted by atomic mass is 10.2. The number of benzene rings is 2. The Labute approximate surface area is 163 Å². The number of hydrogen-bond acceptors (Lipinski definition) is 3. The normalized spacial score (nSPS) is 16.2. The van der Waals surface area contributed by atoms with Crippen LogP contribution < -0.4 is 19.9 Å². The molecule has 1 saturated heterocycles. The van der Waals surface area contributed by atoms with E-state index in [1.54, 1.807) is 7.11 Å². The lowest BCUT2D eigenvalue weighted by Gasteiger charge is -2.36. The molecule has 2 N–H and O–H groups in total. The molecule has 26 heavy (non-hydrogen) atoms. The van der Waals surface area contributed by atoms with Crippen molar-refractivity contribution in [3.05, 3.63) is 53.0 Å². The van der Waals surface area contributed by atoms with Gasteiger partial charge < -0.3 is 19.9 Å². The average Bonchev–Trinajstić information content (AvgIpc) is 2.69. The number of nitrogens with zero attached hydrogens (tertiary/aromatic N) is 1. The van der Waals surface area contributed by atoms with Crippen LogP contribution in [0.1, 0.15) is 6.92 Å². The van der Waals surface area contributed by atoms with E-state index in [-0.39, 0.29) is 11.9 Å². The predicted octanol–water partition coefficient (Wildman–Crippen LogP) is 2.19. The zero-order valence-corrected chi connectivity index (χ0v) is 16.8. The first kappa shape index (κ1) is 18.7. The van der Waals surface area contributed by atoms with Gasteiger partial charge in [-0.1, -0.05) is 22.0 Å². The highest BCUT2D eigenvalue weighted by Crippen LogP contribution is 2.20. The molecule has 0 radical (unpaired) electrons. The highest BCUT2D eigenvalue weighted by atomic mass is 79.9. The number of ether oxygens (including phenoxy) is 1. The number of rotatable bonds is 5. The second-order valence-corrected chi connectivity index (χ2v) is 7.48. The molecule has 1 heterocycles. The maximum Gasteiger partial charge on any atom is 0.282 e. The fraction of sp³-hybridized carbons (Fsp3) is 0.350. The van der Waals surface area contributed by atoms with Crippen molar-refractivity contribution >= 4 is 33.2 Å². The van der Waals surface area contributed by atoms with Crippen LogP contribution in [0, 0.1) is 0 Å². The molecule has 3 rings (SSSR count). The van der Waals surface area contributed by atoms with Crippen molar-refractivity contribution in [2.45, 2.75) is 13.0 Å². The molecule has 5 nitrogen and oxygen atoms in total. The van der Waals surface area contributed by atoms with E-state index in [2.05, 4.69) is 38.3 Å². The molecular formula is C20H25BrN3O2+. The van der Waals surface area contributed by atoms with Gasteiger partial charge in [-0.2, -0.15) is 0 Å². The average molecular weight is 419 g/mol. The Bertz CT molecular complexity index is 743. The van der Waals surface area contributed by atoms with Crippen molar-refractivity contribution in [3.8, 4) is 5.75 Å². The lowest BCUT2D eigenvalue weighted by Crippen LogP contribution is -3.19. The zero-order chi connectivity index (χ0) is 18.5. The number of carbonyl (C=O) groups excluding carboxylic acids is 1. The first-order chi connectivity index (χ1) is 12.6. The Morgan fingerprint density at radius 1 is 1.19 bits per heavy atom. The number of nitrogens with one attached hydrogen (secondary N) is 2. The summed E-state index contributed by atoms with van der Waals surface area (Å²) in [5.74, 6) is 0.941. The monoisotopic (exact) mass is 418 g/mol. The molecule has 0 unspecified atom stereocenters. The van der Waals surface area contributed by atoms with Gasteiger partial charge in [0.05, 0.1) is 33.3 Å². The molecule has 1 aliphatic heterocycles. The molecule has 0 saturated carbocycles. The largest absolute Gasteiger partial charge is 0.497 e. The molecular weight excluding hydrogens is 394 g/mol. The Balaban J connectivity index is 1.55. The summed E-state index contributed by atoms with van der Waals surface area (Å²) >= 11 is 3.41. The quantitative estimate of drug-likeness (QED) is 0.781. The van der Waals surface area contributed by atoms with E-state index in [1.807, 2.05) is 43.3 Å². The zero-order valence-electron chi connectivity index (χ0n) is 15.2. The van der Waals surface area contributed by atoms with Crippen molar-refractivity contribution < 1.29 is 14.4 Å². The first-order valence-corrected chi connectivity index (χ1v) is 9.66. The van der Waals surface area contributed by atoms with Crippen LogP contribution in [-0.4, -0.2) is 45.2 Å². The molecule has 0 bridgehead atoms. The Morgan fingerprint density at radius 3 is 2.54 bits per heavy atom. The van der Waals surface area contributed by atoms with E-state index in [0.29, 0.717) is 0 Å². The van der Waals surface area contributed by atoms with Gasteiger partial charge in [-0.15, -0.1) is 0 Å². The van der Waals surface area contributed by atoms with Gasteiger partial charge in [0.1, 0.15) is 5.75 Å². The summed E-state index contributed by atoms with van der Waals surface area (Å²) in [6.07, 6.45) is 0. The van der Waals surface area contributed by atoms with Crippen LogP contribution in [0.4, 0.5) is 11.4 Å². The number of carbonyl (C=O) groups is 1. The summed E-state index contributed by atoms with van der Waals surface area (Å²) in [7, 11) is 1.69. The van der Waals surface area contributed by atoms with Crippen molar-refractivity contribution in [2.75, 3.05) is 43.5 Å². The summed E-state index contributed by atoms with van der Waals surface area (Å²) in [6, 6.07) is 15.7. The third kappa shape index (κ3) is 4.56. The number of methoxy groups -OCH3 is 1. The van der Waals surface area contributed by atoms with E-state index < -0.39 is 0 Å². The van der Waals surface area contributed by atoms with Crippen molar-refractivity contribution in [2.24, 2.45) is 0 Å². The number of hydrogen-bond donors (Lipinski definition) is 2. The SMILES string of the molecule is COc1cccc(N2CC[NH+]([C@@H](C)C(=O)Nc3ccc(Br)cc3)CC2)c1. The van der Waals surface area contributed by atoms with E-state index in [4.69, 9.17) is 4.74 Å². The molecule has 1 aliphatic rings. The Hall–Kier alpha value is -2.05. The lowest BCUT2D eigenvalue weighted by molar-refractivity contribution is -0.914.